The number of carbonyl (C=O) groups is 1. The number of piperidine rings is 1. The first-order chi connectivity index (χ1) is 12.0. The van der Waals surface area contributed by atoms with Crippen LogP contribution in [0, 0.1) is 11.3 Å². The van der Waals surface area contributed by atoms with E-state index in [1.165, 1.54) is 6.20 Å². The number of hydrogen-bond acceptors (Lipinski definition) is 3. The molecule has 1 fully saturated rings. The summed E-state index contributed by atoms with van der Waals surface area (Å²) in [6, 6.07) is 2.07. The van der Waals surface area contributed by atoms with Gasteiger partial charge in [0.05, 0.1) is 5.56 Å². The summed E-state index contributed by atoms with van der Waals surface area (Å²) in [6.07, 6.45) is -0.654. The highest BCUT2D eigenvalue weighted by Crippen LogP contribution is 2.31. The zero-order chi connectivity index (χ0) is 19.5. The van der Waals surface area contributed by atoms with Crippen LogP contribution >= 0.6 is 0 Å². The summed E-state index contributed by atoms with van der Waals surface area (Å²) in [5, 5.41) is 0. The van der Waals surface area contributed by atoms with Gasteiger partial charge >= 0.3 is 6.18 Å². The number of alkyl halides is 3. The first kappa shape index (κ1) is 20.5. The van der Waals surface area contributed by atoms with Gasteiger partial charge in [-0.15, -0.1) is 0 Å². The minimum atomic E-state index is -4.36. The zero-order valence-corrected chi connectivity index (χ0v) is 15.9. The number of nitrogens with zero attached hydrogens (tertiary/aromatic N) is 3. The summed E-state index contributed by atoms with van der Waals surface area (Å²) >= 11 is 0. The van der Waals surface area contributed by atoms with Gasteiger partial charge in [-0.3, -0.25) is 4.79 Å². The molecule has 1 aromatic heterocycles. The Morgan fingerprint density at radius 2 is 1.92 bits per heavy atom. The molecule has 1 aliphatic rings. The van der Waals surface area contributed by atoms with E-state index in [1.54, 1.807) is 11.9 Å². The van der Waals surface area contributed by atoms with Crippen molar-refractivity contribution >= 4 is 11.7 Å². The highest BCUT2D eigenvalue weighted by Gasteiger charge is 2.33. The molecule has 4 nitrogen and oxygen atoms in total. The van der Waals surface area contributed by atoms with Crippen LogP contribution in [0.3, 0.4) is 0 Å². The van der Waals surface area contributed by atoms with Crippen molar-refractivity contribution in [1.29, 1.82) is 0 Å². The molecular formula is C19H28F3N3O. The van der Waals surface area contributed by atoms with Gasteiger partial charge in [0.25, 0.3) is 0 Å². The van der Waals surface area contributed by atoms with E-state index >= 15 is 0 Å². The van der Waals surface area contributed by atoms with Gasteiger partial charge in [-0.05, 0) is 37.3 Å². The summed E-state index contributed by atoms with van der Waals surface area (Å²) in [5.74, 6) is 0.849. The summed E-state index contributed by atoms with van der Waals surface area (Å²) in [4.78, 5) is 20.3. The smallest absolute Gasteiger partial charge is 0.359 e. The van der Waals surface area contributed by atoms with E-state index in [-0.39, 0.29) is 11.3 Å². The third kappa shape index (κ3) is 4.89. The van der Waals surface area contributed by atoms with E-state index < -0.39 is 11.7 Å². The fourth-order valence-electron chi connectivity index (χ4n) is 3.18. The van der Waals surface area contributed by atoms with Gasteiger partial charge in [-0.1, -0.05) is 20.8 Å². The Kier molecular flexibility index (Phi) is 6.19. The Morgan fingerprint density at radius 3 is 2.46 bits per heavy atom. The first-order valence-corrected chi connectivity index (χ1v) is 9.08. The van der Waals surface area contributed by atoms with Crippen molar-refractivity contribution in [2.45, 2.75) is 46.2 Å². The van der Waals surface area contributed by atoms with Crippen molar-refractivity contribution in [1.82, 2.24) is 9.88 Å². The molecule has 26 heavy (non-hydrogen) atoms. The number of halogens is 3. The number of carbonyl (C=O) groups excluding carboxylic acids is 1. The predicted octanol–water partition coefficient (Wildman–Crippen LogP) is 4.21. The van der Waals surface area contributed by atoms with Crippen LogP contribution in [0.4, 0.5) is 19.0 Å². The average Bonchev–Trinajstić information content (AvgIpc) is 2.61. The quantitative estimate of drug-likeness (QED) is 0.778. The van der Waals surface area contributed by atoms with Crippen molar-refractivity contribution in [2.75, 3.05) is 31.6 Å². The van der Waals surface area contributed by atoms with Gasteiger partial charge in [0, 0.05) is 38.3 Å². The van der Waals surface area contributed by atoms with E-state index in [0.29, 0.717) is 31.4 Å². The van der Waals surface area contributed by atoms with E-state index in [2.05, 4.69) is 4.98 Å². The number of rotatable bonds is 5. The van der Waals surface area contributed by atoms with Crippen LogP contribution in [0.1, 0.15) is 45.6 Å². The van der Waals surface area contributed by atoms with Crippen molar-refractivity contribution in [2.24, 2.45) is 11.3 Å². The van der Waals surface area contributed by atoms with Crippen molar-refractivity contribution in [3.63, 3.8) is 0 Å². The molecule has 0 spiro atoms. The third-order valence-corrected chi connectivity index (χ3v) is 5.36. The third-order valence-electron chi connectivity index (χ3n) is 5.36. The normalized spacial score (nSPS) is 16.7. The van der Waals surface area contributed by atoms with Crippen molar-refractivity contribution in [3.8, 4) is 0 Å². The molecule has 0 aliphatic carbocycles. The first-order valence-electron chi connectivity index (χ1n) is 9.08. The van der Waals surface area contributed by atoms with E-state index in [1.807, 2.05) is 25.7 Å². The van der Waals surface area contributed by atoms with E-state index in [9.17, 15) is 18.0 Å². The molecule has 0 bridgehead atoms. The Bertz CT molecular complexity index is 623. The minimum Gasteiger partial charge on any atom is -0.359 e. The summed E-state index contributed by atoms with van der Waals surface area (Å²) < 4.78 is 38.6. The summed E-state index contributed by atoms with van der Waals surface area (Å²) in [6.45, 7) is 7.99. The van der Waals surface area contributed by atoms with Gasteiger partial charge in [-0.25, -0.2) is 4.98 Å². The molecule has 1 aromatic rings. The molecule has 0 N–H and O–H groups in total. The van der Waals surface area contributed by atoms with Crippen LogP contribution < -0.4 is 4.90 Å². The second-order valence-electron chi connectivity index (χ2n) is 7.75. The predicted molar refractivity (Wildman–Crippen MR) is 95.9 cm³/mol. The molecule has 1 saturated heterocycles. The fourth-order valence-corrected chi connectivity index (χ4v) is 3.18. The number of anilines is 1. The summed E-state index contributed by atoms with van der Waals surface area (Å²) in [7, 11) is 1.76. The number of hydrogen-bond donors (Lipinski definition) is 0. The molecule has 0 aromatic carbocycles. The lowest BCUT2D eigenvalue weighted by Gasteiger charge is -2.37. The van der Waals surface area contributed by atoms with Gasteiger partial charge < -0.3 is 9.80 Å². The van der Waals surface area contributed by atoms with E-state index in [0.717, 1.165) is 31.4 Å². The van der Waals surface area contributed by atoms with Gasteiger partial charge in [0.15, 0.2) is 0 Å². The van der Waals surface area contributed by atoms with Gasteiger partial charge in [-0.2, -0.15) is 13.2 Å². The average molecular weight is 371 g/mol. The Hall–Kier alpha value is -1.79. The number of aromatic nitrogens is 1. The molecule has 2 heterocycles. The van der Waals surface area contributed by atoms with Crippen LogP contribution in [0.25, 0.3) is 0 Å². The molecule has 0 atom stereocenters. The lowest BCUT2D eigenvalue weighted by atomic mass is 9.87. The lowest BCUT2D eigenvalue weighted by Crippen LogP contribution is -2.46. The molecule has 1 aliphatic heterocycles. The van der Waals surface area contributed by atoms with Crippen LogP contribution in [0.5, 0.6) is 0 Å². The maximum absolute atomic E-state index is 12.9. The van der Waals surface area contributed by atoms with Crippen molar-refractivity contribution in [3.05, 3.63) is 23.9 Å². The molecule has 7 heteroatoms. The SMILES string of the molecule is CCC(C)(C)C(=O)N1CCC(CN(C)c2cc(C(F)(F)F)ccn2)CC1. The monoisotopic (exact) mass is 371 g/mol. The zero-order valence-electron chi connectivity index (χ0n) is 15.9. The molecule has 0 saturated carbocycles. The van der Waals surface area contributed by atoms with Crippen LogP contribution in [-0.4, -0.2) is 42.5 Å². The topological polar surface area (TPSA) is 36.4 Å². The van der Waals surface area contributed by atoms with Crippen LogP contribution in [-0.2, 0) is 11.0 Å². The Balaban J connectivity index is 1.92. The molecular weight excluding hydrogens is 343 g/mol. The fraction of sp³-hybridized carbons (Fsp3) is 0.684. The second-order valence-corrected chi connectivity index (χ2v) is 7.75. The lowest BCUT2D eigenvalue weighted by molar-refractivity contribution is -0.142. The minimum absolute atomic E-state index is 0.186. The van der Waals surface area contributed by atoms with E-state index in [4.69, 9.17) is 0 Å². The maximum Gasteiger partial charge on any atom is 0.416 e. The van der Waals surface area contributed by atoms with Gasteiger partial charge in [0.2, 0.25) is 5.91 Å². The number of likely N-dealkylation sites (tertiary alicyclic amines) is 1. The summed E-state index contributed by atoms with van der Waals surface area (Å²) in [5.41, 5.74) is -1.03. The van der Waals surface area contributed by atoms with Crippen molar-refractivity contribution < 1.29 is 18.0 Å². The second kappa shape index (κ2) is 7.84. The van der Waals surface area contributed by atoms with Crippen LogP contribution in [0.2, 0.25) is 0 Å². The Morgan fingerprint density at radius 1 is 1.31 bits per heavy atom. The molecule has 0 unspecified atom stereocenters. The highest BCUT2D eigenvalue weighted by atomic mass is 19.4. The largest absolute Gasteiger partial charge is 0.416 e. The molecule has 1 amide bonds. The molecule has 0 radical (unpaired) electrons. The van der Waals surface area contributed by atoms with Crippen LogP contribution in [0.15, 0.2) is 18.3 Å². The van der Waals surface area contributed by atoms with Gasteiger partial charge in [0.1, 0.15) is 5.82 Å². The number of pyridine rings is 1. The molecule has 146 valence electrons. The number of amides is 1. The standard InChI is InChI=1S/C19H28F3N3O/c1-5-18(2,3)17(26)25-10-7-14(8-11-25)13-24(4)16-12-15(6-9-23-16)19(20,21)22/h6,9,12,14H,5,7-8,10-11,13H2,1-4H3. The molecule has 2 rings (SSSR count). The Labute approximate surface area is 153 Å². The maximum atomic E-state index is 12.9. The highest BCUT2D eigenvalue weighted by molar-refractivity contribution is 5.82.